The highest BCUT2D eigenvalue weighted by atomic mass is 19.4. The van der Waals surface area contributed by atoms with E-state index in [4.69, 9.17) is 5.26 Å². The number of halogens is 7. The molecule has 154 valence electrons. The summed E-state index contributed by atoms with van der Waals surface area (Å²) < 4.78 is 93.0. The topological polar surface area (TPSA) is 73.1 Å². The lowest BCUT2D eigenvalue weighted by molar-refractivity contribution is -0.257. The quantitative estimate of drug-likeness (QED) is 0.740. The van der Waals surface area contributed by atoms with Crippen molar-refractivity contribution in [1.29, 1.82) is 5.26 Å². The summed E-state index contributed by atoms with van der Waals surface area (Å²) in [5.41, 5.74) is -8.16. The number of benzene rings is 2. The third-order valence-electron chi connectivity index (χ3n) is 3.97. The Balaban J connectivity index is 2.40. The maximum Gasteiger partial charge on any atom is 0.430 e. The summed E-state index contributed by atoms with van der Waals surface area (Å²) in [6, 6.07) is 6.93. The molecule has 0 unspecified atom stereocenters. The predicted octanol–water partition coefficient (Wildman–Crippen LogP) is 3.78. The van der Waals surface area contributed by atoms with Crippen LogP contribution in [-0.4, -0.2) is 17.2 Å². The van der Waals surface area contributed by atoms with Gasteiger partial charge in [-0.25, -0.2) is 4.39 Å². The molecule has 0 spiro atoms. The zero-order chi connectivity index (χ0) is 22.0. The van der Waals surface area contributed by atoms with Crippen molar-refractivity contribution in [3.63, 3.8) is 0 Å². The molecule has 0 fully saturated rings. The van der Waals surface area contributed by atoms with E-state index in [-0.39, 0.29) is 12.1 Å². The van der Waals surface area contributed by atoms with Gasteiger partial charge in [0.25, 0.3) is 11.5 Å². The van der Waals surface area contributed by atoms with Gasteiger partial charge in [-0.05, 0) is 12.1 Å². The van der Waals surface area contributed by atoms with Crippen molar-refractivity contribution in [3.8, 4) is 6.07 Å². The lowest BCUT2D eigenvalue weighted by atomic mass is 9.92. The van der Waals surface area contributed by atoms with E-state index < -0.39 is 58.5 Å². The van der Waals surface area contributed by atoms with E-state index >= 15 is 0 Å². The minimum Gasteiger partial charge on any atom is -0.369 e. The summed E-state index contributed by atoms with van der Waals surface area (Å²) in [4.78, 5) is 12.1. The summed E-state index contributed by atoms with van der Waals surface area (Å²) in [6.07, 6.45) is -10.4. The zero-order valence-corrected chi connectivity index (χ0v) is 14.2. The van der Waals surface area contributed by atoms with Crippen LogP contribution in [0.2, 0.25) is 0 Å². The second kappa shape index (κ2) is 7.71. The molecule has 2 aromatic rings. The van der Waals surface area contributed by atoms with Crippen molar-refractivity contribution < 1.29 is 40.6 Å². The Morgan fingerprint density at radius 2 is 1.62 bits per heavy atom. The van der Waals surface area contributed by atoms with Crippen LogP contribution in [-0.2, 0) is 23.1 Å². The van der Waals surface area contributed by atoms with Crippen LogP contribution in [0.5, 0.6) is 0 Å². The van der Waals surface area contributed by atoms with Crippen molar-refractivity contribution in [1.82, 2.24) is 5.32 Å². The van der Waals surface area contributed by atoms with Crippen molar-refractivity contribution in [2.45, 2.75) is 24.5 Å². The maximum atomic E-state index is 14.1. The number of carbonyl (C=O) groups is 1. The fraction of sp³-hybridized carbons (Fsp3) is 0.222. The van der Waals surface area contributed by atoms with Gasteiger partial charge in [0, 0.05) is 17.7 Å². The molecule has 2 aromatic carbocycles. The van der Waals surface area contributed by atoms with Crippen LogP contribution in [0, 0.1) is 17.1 Å². The molecule has 0 aliphatic heterocycles. The number of amides is 1. The Morgan fingerprint density at radius 1 is 1.03 bits per heavy atom. The third kappa shape index (κ3) is 4.32. The highest BCUT2D eigenvalue weighted by molar-refractivity contribution is 5.87. The molecule has 0 saturated heterocycles. The van der Waals surface area contributed by atoms with Crippen LogP contribution in [0.4, 0.5) is 30.7 Å². The van der Waals surface area contributed by atoms with Crippen molar-refractivity contribution >= 4 is 5.91 Å². The summed E-state index contributed by atoms with van der Waals surface area (Å²) in [5, 5.41) is 20.4. The van der Waals surface area contributed by atoms with Gasteiger partial charge < -0.3 is 10.4 Å². The minimum atomic E-state index is -5.48. The van der Waals surface area contributed by atoms with E-state index in [2.05, 4.69) is 0 Å². The minimum absolute atomic E-state index is 0.233. The number of hydrogen-bond donors (Lipinski definition) is 2. The van der Waals surface area contributed by atoms with Crippen LogP contribution in [0.1, 0.15) is 22.3 Å². The SMILES string of the molecule is N#Cc1cc(C(F)(F)F)cc(CNC(=O)[C@](O)(c2ccccc2)C(F)(F)F)c1F. The fourth-order valence-corrected chi connectivity index (χ4v) is 2.46. The molecule has 1 atom stereocenters. The molecule has 4 nitrogen and oxygen atoms in total. The Kier molecular flexibility index (Phi) is 5.89. The van der Waals surface area contributed by atoms with E-state index in [0.717, 1.165) is 24.3 Å². The van der Waals surface area contributed by atoms with Gasteiger partial charge in [-0.15, -0.1) is 0 Å². The van der Waals surface area contributed by atoms with E-state index in [1.54, 1.807) is 5.32 Å². The van der Waals surface area contributed by atoms with E-state index in [0.29, 0.717) is 0 Å². The molecular weight excluding hydrogens is 409 g/mol. The first-order valence-electron chi connectivity index (χ1n) is 7.75. The first-order chi connectivity index (χ1) is 13.3. The zero-order valence-electron chi connectivity index (χ0n) is 14.2. The molecule has 0 aromatic heterocycles. The Hall–Kier alpha value is -3.13. The van der Waals surface area contributed by atoms with Crippen LogP contribution < -0.4 is 5.32 Å². The Morgan fingerprint density at radius 3 is 2.10 bits per heavy atom. The second-order valence-corrected chi connectivity index (χ2v) is 5.86. The van der Waals surface area contributed by atoms with Crippen LogP contribution in [0.25, 0.3) is 0 Å². The first-order valence-corrected chi connectivity index (χ1v) is 7.75. The first kappa shape index (κ1) is 22.2. The molecule has 0 aliphatic rings. The number of nitriles is 1. The summed E-state index contributed by atoms with van der Waals surface area (Å²) in [7, 11) is 0. The number of alkyl halides is 6. The van der Waals surface area contributed by atoms with Gasteiger partial charge in [-0.2, -0.15) is 31.6 Å². The third-order valence-corrected chi connectivity index (χ3v) is 3.97. The van der Waals surface area contributed by atoms with Gasteiger partial charge in [0.2, 0.25) is 0 Å². The molecule has 0 bridgehead atoms. The number of hydrogen-bond acceptors (Lipinski definition) is 3. The fourth-order valence-electron chi connectivity index (χ4n) is 2.46. The average Bonchev–Trinajstić information content (AvgIpc) is 2.65. The predicted molar refractivity (Wildman–Crippen MR) is 84.4 cm³/mol. The largest absolute Gasteiger partial charge is 0.430 e. The van der Waals surface area contributed by atoms with Gasteiger partial charge in [-0.3, -0.25) is 4.79 Å². The Bertz CT molecular complexity index is 950. The summed E-state index contributed by atoms with van der Waals surface area (Å²) in [6.45, 7) is -1.13. The molecule has 0 heterocycles. The lowest BCUT2D eigenvalue weighted by Crippen LogP contribution is -2.54. The molecule has 0 aliphatic carbocycles. The van der Waals surface area contributed by atoms with Crippen LogP contribution in [0.3, 0.4) is 0 Å². The average molecular weight is 420 g/mol. The molecule has 11 heteroatoms. The highest BCUT2D eigenvalue weighted by Crippen LogP contribution is 2.39. The number of carbonyl (C=O) groups excluding carboxylic acids is 1. The van der Waals surface area contributed by atoms with E-state index in [1.165, 1.54) is 12.1 Å². The monoisotopic (exact) mass is 420 g/mol. The van der Waals surface area contributed by atoms with Gasteiger partial charge in [0.1, 0.15) is 11.9 Å². The molecule has 29 heavy (non-hydrogen) atoms. The lowest BCUT2D eigenvalue weighted by Gasteiger charge is -2.29. The number of aliphatic hydroxyl groups is 1. The Labute approximate surface area is 159 Å². The van der Waals surface area contributed by atoms with Crippen LogP contribution >= 0.6 is 0 Å². The molecule has 1 amide bonds. The maximum absolute atomic E-state index is 14.1. The van der Waals surface area contributed by atoms with Crippen molar-refractivity contribution in [2.24, 2.45) is 0 Å². The van der Waals surface area contributed by atoms with E-state index in [1.807, 2.05) is 0 Å². The molecular formula is C18H11F7N2O2. The summed E-state index contributed by atoms with van der Waals surface area (Å²) in [5.74, 6) is -3.46. The van der Waals surface area contributed by atoms with Gasteiger partial charge in [0.15, 0.2) is 0 Å². The number of nitrogens with zero attached hydrogens (tertiary/aromatic N) is 1. The number of nitrogens with one attached hydrogen (secondary N) is 1. The molecule has 2 rings (SSSR count). The molecule has 2 N–H and O–H groups in total. The highest BCUT2D eigenvalue weighted by Gasteiger charge is 2.60. The molecule has 0 saturated carbocycles. The standard InChI is InChI=1S/C18H11F7N2O2/c19-14-10(8-26)6-13(17(20,21)22)7-11(14)9-27-15(28)16(29,18(23,24)25)12-4-2-1-3-5-12/h1-7,29H,9H2,(H,27,28)/t16-/m1/s1. The van der Waals surface area contributed by atoms with Gasteiger partial charge >= 0.3 is 12.4 Å². The molecule has 0 radical (unpaired) electrons. The number of rotatable bonds is 4. The van der Waals surface area contributed by atoms with E-state index in [9.17, 15) is 40.6 Å². The van der Waals surface area contributed by atoms with Crippen LogP contribution in [0.15, 0.2) is 42.5 Å². The smallest absolute Gasteiger partial charge is 0.369 e. The van der Waals surface area contributed by atoms with Crippen molar-refractivity contribution in [2.75, 3.05) is 0 Å². The van der Waals surface area contributed by atoms with Gasteiger partial charge in [0.05, 0.1) is 11.1 Å². The van der Waals surface area contributed by atoms with Crippen molar-refractivity contribution in [3.05, 3.63) is 70.5 Å². The normalized spacial score (nSPS) is 14.0. The second-order valence-electron chi connectivity index (χ2n) is 5.86. The van der Waals surface area contributed by atoms with Gasteiger partial charge in [-0.1, -0.05) is 30.3 Å². The summed E-state index contributed by atoms with van der Waals surface area (Å²) >= 11 is 0.